The number of amides is 2. The molecule has 1 saturated heterocycles. The molecule has 168 valence electrons. The highest BCUT2D eigenvalue weighted by Gasteiger charge is 2.23. The van der Waals surface area contributed by atoms with E-state index < -0.39 is 0 Å². The average molecular weight is 433 g/mol. The van der Waals surface area contributed by atoms with Crippen molar-refractivity contribution < 1.29 is 9.59 Å². The standard InChI is InChI=1S/C26H32N4O2/c1-19(2)16-24(25(31)28-11-10-27)22-8-4-6-20(17-22)21-7-5-9-23(18-21)26(32)30-14-12-29(3)13-15-30/h4-9,17-19,24H,11-16H2,1-3H3,(H,28,31). The number of likely N-dealkylation sites (N-methyl/N-ethyl adjacent to an activating group) is 1. The van der Waals surface area contributed by atoms with E-state index in [4.69, 9.17) is 5.26 Å². The van der Waals surface area contributed by atoms with Crippen molar-refractivity contribution >= 4 is 11.8 Å². The Morgan fingerprint density at radius 3 is 2.34 bits per heavy atom. The van der Waals surface area contributed by atoms with Crippen LogP contribution in [0.25, 0.3) is 11.1 Å². The number of carbonyl (C=O) groups excluding carboxylic acids is 2. The van der Waals surface area contributed by atoms with Crippen molar-refractivity contribution in [3.8, 4) is 17.2 Å². The summed E-state index contributed by atoms with van der Waals surface area (Å²) in [5.41, 5.74) is 3.52. The Morgan fingerprint density at radius 2 is 1.69 bits per heavy atom. The topological polar surface area (TPSA) is 76.4 Å². The summed E-state index contributed by atoms with van der Waals surface area (Å²) < 4.78 is 0. The van der Waals surface area contributed by atoms with Gasteiger partial charge in [-0.15, -0.1) is 0 Å². The molecule has 2 aromatic rings. The number of rotatable bonds is 7. The molecule has 0 bridgehead atoms. The summed E-state index contributed by atoms with van der Waals surface area (Å²) in [5, 5.41) is 11.5. The van der Waals surface area contributed by atoms with Gasteiger partial charge in [0.2, 0.25) is 5.91 Å². The van der Waals surface area contributed by atoms with E-state index >= 15 is 0 Å². The molecule has 3 rings (SSSR count). The number of benzene rings is 2. The first kappa shape index (κ1) is 23.5. The van der Waals surface area contributed by atoms with E-state index in [2.05, 4.69) is 31.1 Å². The van der Waals surface area contributed by atoms with Gasteiger partial charge in [-0.3, -0.25) is 9.59 Å². The molecule has 1 N–H and O–H groups in total. The van der Waals surface area contributed by atoms with Gasteiger partial charge in [0.1, 0.15) is 6.54 Å². The van der Waals surface area contributed by atoms with Crippen LogP contribution >= 0.6 is 0 Å². The van der Waals surface area contributed by atoms with Gasteiger partial charge < -0.3 is 15.1 Å². The van der Waals surface area contributed by atoms with Crippen LogP contribution in [-0.2, 0) is 4.79 Å². The molecule has 0 saturated carbocycles. The van der Waals surface area contributed by atoms with Crippen LogP contribution in [-0.4, -0.2) is 61.4 Å². The van der Waals surface area contributed by atoms with Crippen LogP contribution in [0.2, 0.25) is 0 Å². The van der Waals surface area contributed by atoms with Crippen molar-refractivity contribution in [3.63, 3.8) is 0 Å². The van der Waals surface area contributed by atoms with Gasteiger partial charge in [0.25, 0.3) is 5.91 Å². The fourth-order valence-corrected chi connectivity index (χ4v) is 4.07. The van der Waals surface area contributed by atoms with E-state index in [9.17, 15) is 9.59 Å². The Morgan fingerprint density at radius 1 is 1.03 bits per heavy atom. The third kappa shape index (κ3) is 5.95. The van der Waals surface area contributed by atoms with E-state index in [1.54, 1.807) is 0 Å². The summed E-state index contributed by atoms with van der Waals surface area (Å²) in [6.07, 6.45) is 0.697. The first-order chi connectivity index (χ1) is 15.4. The minimum absolute atomic E-state index is 0.00354. The van der Waals surface area contributed by atoms with Crippen molar-refractivity contribution in [1.29, 1.82) is 5.26 Å². The number of nitrogens with one attached hydrogen (secondary N) is 1. The first-order valence-corrected chi connectivity index (χ1v) is 11.2. The highest BCUT2D eigenvalue weighted by Crippen LogP contribution is 2.29. The molecule has 0 aliphatic carbocycles. The average Bonchev–Trinajstić information content (AvgIpc) is 2.81. The molecular formula is C26H32N4O2. The molecule has 32 heavy (non-hydrogen) atoms. The van der Waals surface area contributed by atoms with Crippen LogP contribution in [0, 0.1) is 17.2 Å². The molecule has 6 nitrogen and oxygen atoms in total. The van der Waals surface area contributed by atoms with E-state index in [1.165, 1.54) is 0 Å². The van der Waals surface area contributed by atoms with E-state index in [-0.39, 0.29) is 24.3 Å². The van der Waals surface area contributed by atoms with Crippen LogP contribution < -0.4 is 5.32 Å². The molecule has 2 aromatic carbocycles. The van der Waals surface area contributed by atoms with Gasteiger partial charge in [-0.1, -0.05) is 50.2 Å². The number of nitrogens with zero attached hydrogens (tertiary/aromatic N) is 3. The number of carbonyl (C=O) groups is 2. The van der Waals surface area contributed by atoms with E-state index in [0.29, 0.717) is 17.9 Å². The second-order valence-corrected chi connectivity index (χ2v) is 8.86. The molecule has 1 fully saturated rings. The monoisotopic (exact) mass is 432 g/mol. The molecule has 1 unspecified atom stereocenters. The van der Waals surface area contributed by atoms with Crippen LogP contribution in [0.3, 0.4) is 0 Å². The minimum Gasteiger partial charge on any atom is -0.342 e. The molecule has 1 atom stereocenters. The molecule has 6 heteroatoms. The quantitative estimate of drug-likeness (QED) is 0.680. The van der Waals surface area contributed by atoms with Gasteiger partial charge in [-0.05, 0) is 48.2 Å². The zero-order valence-corrected chi connectivity index (χ0v) is 19.2. The van der Waals surface area contributed by atoms with E-state index in [0.717, 1.165) is 42.9 Å². The van der Waals surface area contributed by atoms with Gasteiger partial charge in [-0.2, -0.15) is 5.26 Å². The van der Waals surface area contributed by atoms with E-state index in [1.807, 2.05) is 59.5 Å². The molecule has 2 amide bonds. The lowest BCUT2D eigenvalue weighted by atomic mass is 9.87. The first-order valence-electron chi connectivity index (χ1n) is 11.2. The normalized spacial score (nSPS) is 15.3. The van der Waals surface area contributed by atoms with Crippen LogP contribution in [0.4, 0.5) is 0 Å². The van der Waals surface area contributed by atoms with Gasteiger partial charge in [-0.25, -0.2) is 0 Å². The number of hydrogen-bond donors (Lipinski definition) is 1. The maximum atomic E-state index is 13.0. The summed E-state index contributed by atoms with van der Waals surface area (Å²) in [4.78, 5) is 29.9. The second-order valence-electron chi connectivity index (χ2n) is 8.86. The highest BCUT2D eigenvalue weighted by molar-refractivity contribution is 5.95. The Labute approximate surface area is 190 Å². The van der Waals surface area contributed by atoms with Gasteiger partial charge in [0.05, 0.1) is 12.0 Å². The maximum absolute atomic E-state index is 13.0. The second kappa shape index (κ2) is 10.9. The molecule has 1 aliphatic rings. The lowest BCUT2D eigenvalue weighted by molar-refractivity contribution is -0.122. The Hall–Kier alpha value is -3.17. The largest absolute Gasteiger partial charge is 0.342 e. The fraction of sp³-hybridized carbons (Fsp3) is 0.423. The van der Waals surface area contributed by atoms with Crippen molar-refractivity contribution in [2.24, 2.45) is 5.92 Å². The molecule has 0 aromatic heterocycles. The van der Waals surface area contributed by atoms with Crippen molar-refractivity contribution in [2.75, 3.05) is 39.8 Å². The Kier molecular flexibility index (Phi) is 8.02. The molecular weight excluding hydrogens is 400 g/mol. The van der Waals surface area contributed by atoms with Crippen molar-refractivity contribution in [2.45, 2.75) is 26.2 Å². The Bertz CT molecular complexity index is 987. The van der Waals surface area contributed by atoms with Crippen molar-refractivity contribution in [1.82, 2.24) is 15.1 Å². The predicted molar refractivity (Wildman–Crippen MR) is 126 cm³/mol. The van der Waals surface area contributed by atoms with Crippen molar-refractivity contribution in [3.05, 3.63) is 59.7 Å². The smallest absolute Gasteiger partial charge is 0.253 e. The molecule has 1 aliphatic heterocycles. The maximum Gasteiger partial charge on any atom is 0.253 e. The van der Waals surface area contributed by atoms with Gasteiger partial charge >= 0.3 is 0 Å². The summed E-state index contributed by atoms with van der Waals surface area (Å²) in [6.45, 7) is 7.43. The third-order valence-electron chi connectivity index (χ3n) is 5.89. The zero-order valence-electron chi connectivity index (χ0n) is 19.2. The SMILES string of the molecule is CC(C)CC(C(=O)NCC#N)c1cccc(-c2cccc(C(=O)N3CCN(C)CC3)c2)c1. The number of piperazine rings is 1. The lowest BCUT2D eigenvalue weighted by Gasteiger charge is -2.32. The lowest BCUT2D eigenvalue weighted by Crippen LogP contribution is -2.47. The summed E-state index contributed by atoms with van der Waals surface area (Å²) in [6, 6.07) is 17.6. The fourth-order valence-electron chi connectivity index (χ4n) is 4.07. The van der Waals surface area contributed by atoms with Gasteiger partial charge in [0.15, 0.2) is 0 Å². The molecule has 0 spiro atoms. The van der Waals surface area contributed by atoms with Gasteiger partial charge in [0, 0.05) is 31.7 Å². The third-order valence-corrected chi connectivity index (χ3v) is 5.89. The van der Waals surface area contributed by atoms with Crippen LogP contribution in [0.1, 0.15) is 42.1 Å². The summed E-state index contributed by atoms with van der Waals surface area (Å²) >= 11 is 0. The number of nitriles is 1. The highest BCUT2D eigenvalue weighted by atomic mass is 16.2. The minimum atomic E-state index is -0.321. The predicted octanol–water partition coefficient (Wildman–Crippen LogP) is 3.51. The van der Waals surface area contributed by atoms with Crippen LogP contribution in [0.15, 0.2) is 48.5 Å². The molecule has 1 heterocycles. The molecule has 0 radical (unpaired) electrons. The zero-order chi connectivity index (χ0) is 23.1. The Balaban J connectivity index is 1.85. The number of hydrogen-bond acceptors (Lipinski definition) is 4. The summed E-state index contributed by atoms with van der Waals surface area (Å²) in [7, 11) is 2.07. The summed E-state index contributed by atoms with van der Waals surface area (Å²) in [5.74, 6) is -0.0550. The van der Waals surface area contributed by atoms with Crippen LogP contribution in [0.5, 0.6) is 0 Å².